The Balaban J connectivity index is 2.47. The second-order valence-electron chi connectivity index (χ2n) is 3.70. The Kier molecular flexibility index (Phi) is 2.48. The van der Waals surface area contributed by atoms with Crippen molar-refractivity contribution in [3.8, 4) is 0 Å². The van der Waals surface area contributed by atoms with E-state index in [9.17, 15) is 0 Å². The largest absolute Gasteiger partial charge is 0.360 e. The molecule has 3 heteroatoms. The van der Waals surface area contributed by atoms with Crippen molar-refractivity contribution in [3.05, 3.63) is 35.0 Å². The van der Waals surface area contributed by atoms with Gasteiger partial charge < -0.3 is 10.7 Å². The molecule has 0 aliphatic rings. The average Bonchev–Trinajstić information content (AvgIpc) is 2.50. The molecule has 14 heavy (non-hydrogen) atoms. The van der Waals surface area contributed by atoms with Gasteiger partial charge in [0.15, 0.2) is 0 Å². The number of aromatic nitrogens is 1. The number of H-pyrrole nitrogens is 1. The Labute approximate surface area is 88.1 Å². The van der Waals surface area contributed by atoms with Crippen molar-refractivity contribution in [1.29, 1.82) is 0 Å². The summed E-state index contributed by atoms with van der Waals surface area (Å²) in [5.41, 5.74) is 7.93. The Morgan fingerprint density at radius 3 is 3.00 bits per heavy atom. The van der Waals surface area contributed by atoms with Gasteiger partial charge in [-0.05, 0) is 37.1 Å². The van der Waals surface area contributed by atoms with Crippen molar-refractivity contribution in [2.24, 2.45) is 5.73 Å². The summed E-state index contributed by atoms with van der Waals surface area (Å²) >= 11 is 6.11. The third-order valence-electron chi connectivity index (χ3n) is 2.23. The fraction of sp³-hybridized carbons (Fsp3) is 0.273. The maximum Gasteiger partial charge on any atom is 0.0649 e. The first-order valence-electron chi connectivity index (χ1n) is 4.68. The molecule has 2 aromatic rings. The van der Waals surface area contributed by atoms with Gasteiger partial charge in [-0.15, -0.1) is 0 Å². The highest BCUT2D eigenvalue weighted by Gasteiger charge is 2.04. The molecule has 0 amide bonds. The van der Waals surface area contributed by atoms with Crippen molar-refractivity contribution in [2.45, 2.75) is 19.4 Å². The normalized spacial score (nSPS) is 13.4. The maximum atomic E-state index is 6.11. The van der Waals surface area contributed by atoms with E-state index in [0.29, 0.717) is 0 Å². The molecule has 3 N–H and O–H groups in total. The molecular formula is C11H13ClN2. The van der Waals surface area contributed by atoms with Gasteiger partial charge in [-0.3, -0.25) is 0 Å². The lowest BCUT2D eigenvalue weighted by Crippen LogP contribution is -2.17. The van der Waals surface area contributed by atoms with Crippen LogP contribution >= 0.6 is 11.6 Å². The third-order valence-corrected chi connectivity index (χ3v) is 2.53. The van der Waals surface area contributed by atoms with Gasteiger partial charge in [-0.2, -0.15) is 0 Å². The van der Waals surface area contributed by atoms with Crippen molar-refractivity contribution in [3.63, 3.8) is 0 Å². The van der Waals surface area contributed by atoms with Crippen LogP contribution in [-0.4, -0.2) is 11.0 Å². The molecule has 0 radical (unpaired) electrons. The Bertz CT molecular complexity index is 445. The number of hydrogen-bond acceptors (Lipinski definition) is 1. The predicted octanol–water partition coefficient (Wildman–Crippen LogP) is 2.71. The molecule has 1 unspecified atom stereocenters. The lowest BCUT2D eigenvalue weighted by molar-refractivity contribution is 0.739. The molecule has 0 aliphatic heterocycles. The standard InChI is InChI=1S/C11H13ClN2/c1-7(13)4-8-5-9-2-3-14-11(9)10(12)6-8/h2-3,5-7,14H,4,13H2,1H3. The summed E-state index contributed by atoms with van der Waals surface area (Å²) in [6.45, 7) is 2.00. The molecule has 1 heterocycles. The highest BCUT2D eigenvalue weighted by atomic mass is 35.5. The maximum absolute atomic E-state index is 6.11. The zero-order chi connectivity index (χ0) is 10.1. The van der Waals surface area contributed by atoms with E-state index < -0.39 is 0 Å². The second kappa shape index (κ2) is 3.64. The van der Waals surface area contributed by atoms with E-state index in [-0.39, 0.29) is 6.04 Å². The Morgan fingerprint density at radius 1 is 1.50 bits per heavy atom. The van der Waals surface area contributed by atoms with Crippen LogP contribution in [0.2, 0.25) is 5.02 Å². The monoisotopic (exact) mass is 208 g/mol. The fourth-order valence-corrected chi connectivity index (χ4v) is 1.98. The van der Waals surface area contributed by atoms with E-state index in [1.165, 1.54) is 5.56 Å². The molecule has 2 rings (SSSR count). The van der Waals surface area contributed by atoms with Gasteiger partial charge in [-0.25, -0.2) is 0 Å². The molecule has 0 fully saturated rings. The van der Waals surface area contributed by atoms with Crippen LogP contribution in [0, 0.1) is 0 Å². The van der Waals surface area contributed by atoms with E-state index in [2.05, 4.69) is 11.1 Å². The van der Waals surface area contributed by atoms with Crippen LogP contribution in [-0.2, 0) is 6.42 Å². The first-order valence-corrected chi connectivity index (χ1v) is 5.05. The molecule has 1 atom stereocenters. The molecular weight excluding hydrogens is 196 g/mol. The van der Waals surface area contributed by atoms with E-state index in [0.717, 1.165) is 22.3 Å². The molecule has 1 aromatic heterocycles. The quantitative estimate of drug-likeness (QED) is 0.783. The number of benzene rings is 1. The summed E-state index contributed by atoms with van der Waals surface area (Å²) in [4.78, 5) is 3.11. The number of fused-ring (bicyclic) bond motifs is 1. The summed E-state index contributed by atoms with van der Waals surface area (Å²) < 4.78 is 0. The van der Waals surface area contributed by atoms with E-state index in [1.54, 1.807) is 0 Å². The zero-order valence-electron chi connectivity index (χ0n) is 8.05. The van der Waals surface area contributed by atoms with E-state index in [1.807, 2.05) is 25.3 Å². The van der Waals surface area contributed by atoms with Crippen molar-refractivity contribution in [2.75, 3.05) is 0 Å². The topological polar surface area (TPSA) is 41.8 Å². The average molecular weight is 209 g/mol. The number of halogens is 1. The highest BCUT2D eigenvalue weighted by Crippen LogP contribution is 2.24. The molecule has 0 saturated heterocycles. The molecule has 0 aliphatic carbocycles. The lowest BCUT2D eigenvalue weighted by Gasteiger charge is -2.06. The van der Waals surface area contributed by atoms with Crippen molar-refractivity contribution < 1.29 is 0 Å². The summed E-state index contributed by atoms with van der Waals surface area (Å²) in [6.07, 6.45) is 2.76. The van der Waals surface area contributed by atoms with Crippen LogP contribution in [0.25, 0.3) is 10.9 Å². The van der Waals surface area contributed by atoms with Gasteiger partial charge >= 0.3 is 0 Å². The van der Waals surface area contributed by atoms with E-state index in [4.69, 9.17) is 17.3 Å². The van der Waals surface area contributed by atoms with Crippen molar-refractivity contribution in [1.82, 2.24) is 4.98 Å². The molecule has 74 valence electrons. The van der Waals surface area contributed by atoms with Gasteiger partial charge in [-0.1, -0.05) is 11.6 Å². The van der Waals surface area contributed by atoms with Crippen LogP contribution in [0.5, 0.6) is 0 Å². The highest BCUT2D eigenvalue weighted by molar-refractivity contribution is 6.35. The summed E-state index contributed by atoms with van der Waals surface area (Å²) in [5.74, 6) is 0. The first-order chi connectivity index (χ1) is 6.66. The number of nitrogens with one attached hydrogen (secondary N) is 1. The van der Waals surface area contributed by atoms with Gasteiger partial charge in [0.2, 0.25) is 0 Å². The second-order valence-corrected chi connectivity index (χ2v) is 4.11. The smallest absolute Gasteiger partial charge is 0.0649 e. The molecule has 0 saturated carbocycles. The third kappa shape index (κ3) is 1.76. The molecule has 0 spiro atoms. The summed E-state index contributed by atoms with van der Waals surface area (Å²) in [7, 11) is 0. The molecule has 0 bridgehead atoms. The van der Waals surface area contributed by atoms with Crippen LogP contribution in [0.1, 0.15) is 12.5 Å². The number of aromatic amines is 1. The minimum atomic E-state index is 0.169. The van der Waals surface area contributed by atoms with Gasteiger partial charge in [0.05, 0.1) is 10.5 Å². The Hall–Kier alpha value is -0.990. The van der Waals surface area contributed by atoms with Gasteiger partial charge in [0.25, 0.3) is 0 Å². The lowest BCUT2D eigenvalue weighted by atomic mass is 10.1. The summed E-state index contributed by atoms with van der Waals surface area (Å²) in [5, 5.41) is 1.91. The first kappa shape index (κ1) is 9.56. The zero-order valence-corrected chi connectivity index (χ0v) is 8.81. The predicted molar refractivity (Wildman–Crippen MR) is 60.7 cm³/mol. The number of rotatable bonds is 2. The van der Waals surface area contributed by atoms with Crippen LogP contribution in [0.4, 0.5) is 0 Å². The van der Waals surface area contributed by atoms with Crippen molar-refractivity contribution >= 4 is 22.5 Å². The van der Waals surface area contributed by atoms with E-state index >= 15 is 0 Å². The van der Waals surface area contributed by atoms with Crippen LogP contribution < -0.4 is 5.73 Å². The van der Waals surface area contributed by atoms with Crippen LogP contribution in [0.3, 0.4) is 0 Å². The molecule has 2 nitrogen and oxygen atoms in total. The molecule has 1 aromatic carbocycles. The summed E-state index contributed by atoms with van der Waals surface area (Å²) in [6, 6.07) is 6.29. The minimum Gasteiger partial charge on any atom is -0.360 e. The minimum absolute atomic E-state index is 0.169. The Morgan fingerprint density at radius 2 is 2.29 bits per heavy atom. The van der Waals surface area contributed by atoms with Crippen LogP contribution in [0.15, 0.2) is 24.4 Å². The fourth-order valence-electron chi connectivity index (χ4n) is 1.67. The number of nitrogens with two attached hydrogens (primary N) is 1. The number of hydrogen-bond donors (Lipinski definition) is 2. The SMILES string of the molecule is CC(N)Cc1cc(Cl)c2[nH]ccc2c1. The van der Waals surface area contributed by atoms with Gasteiger partial charge in [0, 0.05) is 17.6 Å². The van der Waals surface area contributed by atoms with Gasteiger partial charge in [0.1, 0.15) is 0 Å².